The maximum atomic E-state index is 6.22. The fourth-order valence-corrected chi connectivity index (χ4v) is 3.45. The van der Waals surface area contributed by atoms with E-state index in [0.29, 0.717) is 12.1 Å². The van der Waals surface area contributed by atoms with Gasteiger partial charge in [-0.3, -0.25) is 4.90 Å². The summed E-state index contributed by atoms with van der Waals surface area (Å²) in [6, 6.07) is 1.66. The van der Waals surface area contributed by atoms with E-state index in [1.807, 2.05) is 0 Å². The molecule has 0 amide bonds. The number of rotatable bonds is 6. The molecule has 2 heteroatoms. The maximum absolute atomic E-state index is 6.22. The Morgan fingerprint density at radius 2 is 1.56 bits per heavy atom. The minimum Gasteiger partial charge on any atom is -0.327 e. The minimum atomic E-state index is 0.312. The third-order valence-corrected chi connectivity index (χ3v) is 4.16. The fraction of sp³-hybridized carbons (Fsp3) is 1.00. The molecule has 0 aromatic rings. The minimum absolute atomic E-state index is 0.312. The van der Waals surface area contributed by atoms with Crippen LogP contribution >= 0.6 is 0 Å². The van der Waals surface area contributed by atoms with Crippen molar-refractivity contribution in [3.63, 3.8) is 0 Å². The molecule has 1 saturated heterocycles. The SMILES string of the molecule is CC(C)CC(CC(C)C)N1CCCCC1C(C)N. The van der Waals surface area contributed by atoms with Crippen LogP contribution in [0.25, 0.3) is 0 Å². The van der Waals surface area contributed by atoms with Crippen molar-refractivity contribution in [2.75, 3.05) is 6.54 Å². The van der Waals surface area contributed by atoms with Gasteiger partial charge >= 0.3 is 0 Å². The summed E-state index contributed by atoms with van der Waals surface area (Å²) in [5.74, 6) is 1.56. The van der Waals surface area contributed by atoms with Crippen molar-refractivity contribution in [2.45, 2.75) is 84.8 Å². The Bertz CT molecular complexity index is 213. The standard InChI is InChI=1S/C16H34N2/c1-12(2)10-15(11-13(3)4)18-9-7-6-8-16(18)14(5)17/h12-16H,6-11,17H2,1-5H3. The molecule has 2 atom stereocenters. The summed E-state index contributed by atoms with van der Waals surface area (Å²) >= 11 is 0. The molecule has 0 radical (unpaired) electrons. The second-order valence-corrected chi connectivity index (χ2v) is 7.07. The highest BCUT2D eigenvalue weighted by molar-refractivity contribution is 4.88. The van der Waals surface area contributed by atoms with Crippen molar-refractivity contribution >= 4 is 0 Å². The third-order valence-electron chi connectivity index (χ3n) is 4.16. The Morgan fingerprint density at radius 3 is 2.00 bits per heavy atom. The van der Waals surface area contributed by atoms with Crippen LogP contribution in [0.1, 0.15) is 66.7 Å². The summed E-state index contributed by atoms with van der Waals surface area (Å²) in [6.07, 6.45) is 6.65. The average Bonchev–Trinajstić information content (AvgIpc) is 2.26. The number of nitrogens with two attached hydrogens (primary N) is 1. The smallest absolute Gasteiger partial charge is 0.0247 e. The fourth-order valence-electron chi connectivity index (χ4n) is 3.45. The zero-order valence-electron chi connectivity index (χ0n) is 13.2. The second-order valence-electron chi connectivity index (χ2n) is 7.07. The number of piperidine rings is 1. The first-order valence-corrected chi connectivity index (χ1v) is 7.93. The molecular weight excluding hydrogens is 220 g/mol. The first kappa shape index (κ1) is 16.0. The van der Waals surface area contributed by atoms with Crippen molar-refractivity contribution in [2.24, 2.45) is 17.6 Å². The highest BCUT2D eigenvalue weighted by atomic mass is 15.2. The quantitative estimate of drug-likeness (QED) is 0.784. The van der Waals surface area contributed by atoms with Gasteiger partial charge < -0.3 is 5.73 Å². The van der Waals surface area contributed by atoms with E-state index in [9.17, 15) is 0 Å². The van der Waals surface area contributed by atoms with Crippen LogP contribution < -0.4 is 5.73 Å². The molecule has 108 valence electrons. The van der Waals surface area contributed by atoms with Crippen molar-refractivity contribution in [3.05, 3.63) is 0 Å². The van der Waals surface area contributed by atoms with E-state index in [2.05, 4.69) is 39.5 Å². The Balaban J connectivity index is 2.73. The predicted octanol–water partition coefficient (Wildman–Crippen LogP) is 3.65. The van der Waals surface area contributed by atoms with Crippen molar-refractivity contribution in [1.82, 2.24) is 4.90 Å². The zero-order valence-corrected chi connectivity index (χ0v) is 13.2. The normalized spacial score (nSPS) is 24.2. The molecule has 1 fully saturated rings. The molecule has 2 unspecified atom stereocenters. The van der Waals surface area contributed by atoms with Gasteiger partial charge in [-0.2, -0.15) is 0 Å². The van der Waals surface area contributed by atoms with E-state index in [1.54, 1.807) is 0 Å². The average molecular weight is 254 g/mol. The van der Waals surface area contributed by atoms with E-state index < -0.39 is 0 Å². The van der Waals surface area contributed by atoms with Gasteiger partial charge in [-0.1, -0.05) is 34.1 Å². The molecule has 0 saturated carbocycles. The van der Waals surface area contributed by atoms with Gasteiger partial charge in [0.1, 0.15) is 0 Å². The van der Waals surface area contributed by atoms with Crippen molar-refractivity contribution in [3.8, 4) is 0 Å². The van der Waals surface area contributed by atoms with Crippen LogP contribution in [0, 0.1) is 11.8 Å². The van der Waals surface area contributed by atoms with E-state index in [4.69, 9.17) is 5.73 Å². The van der Waals surface area contributed by atoms with E-state index in [-0.39, 0.29) is 0 Å². The molecule has 1 rings (SSSR count). The summed E-state index contributed by atoms with van der Waals surface area (Å²) in [6.45, 7) is 12.8. The van der Waals surface area contributed by atoms with Crippen molar-refractivity contribution < 1.29 is 0 Å². The van der Waals surface area contributed by atoms with Gasteiger partial charge in [0, 0.05) is 18.1 Å². The van der Waals surface area contributed by atoms with Gasteiger partial charge in [-0.25, -0.2) is 0 Å². The summed E-state index contributed by atoms with van der Waals surface area (Å²) < 4.78 is 0. The lowest BCUT2D eigenvalue weighted by Crippen LogP contribution is -2.53. The number of likely N-dealkylation sites (tertiary alicyclic amines) is 1. The molecule has 0 aliphatic carbocycles. The molecule has 0 bridgehead atoms. The summed E-state index contributed by atoms with van der Waals surface area (Å²) in [5, 5.41) is 0. The van der Waals surface area contributed by atoms with Crippen LogP contribution in [0.5, 0.6) is 0 Å². The lowest BCUT2D eigenvalue weighted by molar-refractivity contribution is 0.0593. The summed E-state index contributed by atoms with van der Waals surface area (Å²) in [5.41, 5.74) is 6.22. The highest BCUT2D eigenvalue weighted by Gasteiger charge is 2.31. The lowest BCUT2D eigenvalue weighted by atomic mass is 9.88. The number of hydrogen-bond donors (Lipinski definition) is 1. The molecule has 1 heterocycles. The monoisotopic (exact) mass is 254 g/mol. The van der Waals surface area contributed by atoms with Gasteiger partial charge in [0.05, 0.1) is 0 Å². The molecule has 0 aromatic carbocycles. The predicted molar refractivity (Wildman–Crippen MR) is 80.7 cm³/mol. The largest absolute Gasteiger partial charge is 0.327 e. The molecule has 2 nitrogen and oxygen atoms in total. The first-order chi connectivity index (χ1) is 8.41. The third kappa shape index (κ3) is 4.89. The Morgan fingerprint density at radius 1 is 1.00 bits per heavy atom. The molecule has 1 aliphatic heterocycles. The van der Waals surface area contributed by atoms with E-state index in [1.165, 1.54) is 38.6 Å². The molecular formula is C16H34N2. The Labute approximate surface area is 114 Å². The van der Waals surface area contributed by atoms with Gasteiger partial charge in [0.15, 0.2) is 0 Å². The van der Waals surface area contributed by atoms with Gasteiger partial charge in [-0.15, -0.1) is 0 Å². The van der Waals surface area contributed by atoms with E-state index >= 15 is 0 Å². The van der Waals surface area contributed by atoms with Crippen LogP contribution in [0.2, 0.25) is 0 Å². The lowest BCUT2D eigenvalue weighted by Gasteiger charge is -2.44. The van der Waals surface area contributed by atoms with E-state index in [0.717, 1.165) is 17.9 Å². The van der Waals surface area contributed by atoms with Gasteiger partial charge in [0.25, 0.3) is 0 Å². The molecule has 2 N–H and O–H groups in total. The number of nitrogens with zero attached hydrogens (tertiary/aromatic N) is 1. The molecule has 1 aliphatic rings. The maximum Gasteiger partial charge on any atom is 0.0247 e. The Hall–Kier alpha value is -0.0800. The second kappa shape index (κ2) is 7.49. The van der Waals surface area contributed by atoms with Crippen LogP contribution in [-0.4, -0.2) is 29.6 Å². The Kier molecular flexibility index (Phi) is 6.65. The van der Waals surface area contributed by atoms with Crippen LogP contribution in [0.4, 0.5) is 0 Å². The molecule has 0 spiro atoms. The topological polar surface area (TPSA) is 29.3 Å². The van der Waals surface area contributed by atoms with Crippen LogP contribution in [0.15, 0.2) is 0 Å². The highest BCUT2D eigenvalue weighted by Crippen LogP contribution is 2.27. The summed E-state index contributed by atoms with van der Waals surface area (Å²) in [7, 11) is 0. The van der Waals surface area contributed by atoms with Crippen LogP contribution in [0.3, 0.4) is 0 Å². The van der Waals surface area contributed by atoms with Gasteiger partial charge in [0.2, 0.25) is 0 Å². The van der Waals surface area contributed by atoms with Gasteiger partial charge in [-0.05, 0) is 51.0 Å². The molecule has 18 heavy (non-hydrogen) atoms. The first-order valence-electron chi connectivity index (χ1n) is 7.93. The number of hydrogen-bond acceptors (Lipinski definition) is 2. The van der Waals surface area contributed by atoms with Crippen LogP contribution in [-0.2, 0) is 0 Å². The van der Waals surface area contributed by atoms with Crippen molar-refractivity contribution in [1.29, 1.82) is 0 Å². The summed E-state index contributed by atoms with van der Waals surface area (Å²) in [4.78, 5) is 2.74. The zero-order chi connectivity index (χ0) is 13.7. The molecule has 0 aromatic heterocycles.